The topological polar surface area (TPSA) is 368 Å². The van der Waals surface area contributed by atoms with Crippen LogP contribution < -0.4 is 0 Å². The highest BCUT2D eigenvalue weighted by Crippen LogP contribution is 2.76. The average Bonchev–Trinajstić information content (AvgIpc) is 1.24. The van der Waals surface area contributed by atoms with Gasteiger partial charge in [0.25, 0.3) is 0 Å². The van der Waals surface area contributed by atoms with Gasteiger partial charge in [-0.15, -0.1) is 0 Å². The maximum Gasteiger partial charge on any atom is 0.335 e. The van der Waals surface area contributed by atoms with Crippen LogP contribution in [0.1, 0.15) is 114 Å². The van der Waals surface area contributed by atoms with Gasteiger partial charge in [0.05, 0.1) is 62.9 Å². The highest BCUT2D eigenvalue weighted by molar-refractivity contribution is 5.89. The Bertz CT molecular complexity index is 2390. The van der Waals surface area contributed by atoms with E-state index in [0.717, 1.165) is 5.57 Å². The highest BCUT2D eigenvalue weighted by Gasteiger charge is 2.74. The molecule has 0 aromatic heterocycles. The molecule has 0 spiro atoms. The second-order valence-corrected chi connectivity index (χ2v) is 26.2. The second-order valence-electron chi connectivity index (χ2n) is 26.2. The summed E-state index contributed by atoms with van der Waals surface area (Å²) in [7, 11) is 0. The fraction of sp³-hybridized carbons (Fsp3) is 0.845. The molecule has 3 aliphatic heterocycles. The van der Waals surface area contributed by atoms with E-state index in [1.165, 1.54) is 0 Å². The summed E-state index contributed by atoms with van der Waals surface area (Å²) in [4.78, 5) is 40.4. The molecule has 0 aromatic rings. The van der Waals surface area contributed by atoms with Gasteiger partial charge < -0.3 is 99.2 Å². The molecule has 8 unspecified atom stereocenters. The monoisotopic (exact) mass is 1150 g/mol. The number of hydrogen-bond donors (Lipinski definition) is 12. The van der Waals surface area contributed by atoms with E-state index in [0.29, 0.717) is 43.3 Å². The van der Waals surface area contributed by atoms with E-state index in [1.807, 2.05) is 20.8 Å². The molecular weight excluding hydrogens is 1060 g/mol. The maximum atomic E-state index is 13.8. The number of ether oxygens (including phenoxy) is 8. The van der Waals surface area contributed by atoms with Crippen molar-refractivity contribution >= 4 is 17.9 Å². The average molecular weight is 1160 g/mol. The van der Waals surface area contributed by atoms with Gasteiger partial charge in [0.2, 0.25) is 0 Å². The van der Waals surface area contributed by atoms with Gasteiger partial charge in [0, 0.05) is 27.9 Å². The molecule has 0 radical (unpaired) electrons. The van der Waals surface area contributed by atoms with E-state index in [1.54, 1.807) is 39.8 Å². The molecule has 5 aliphatic carbocycles. The molecular formula is C58H90O23. The van der Waals surface area contributed by atoms with Gasteiger partial charge in [-0.05, 0) is 107 Å². The molecule has 3 saturated heterocycles. The summed E-state index contributed by atoms with van der Waals surface area (Å²) in [5, 5.41) is 133. The number of aliphatic carboxylic acids is 1. The van der Waals surface area contributed by atoms with Crippen molar-refractivity contribution < 1.29 is 114 Å². The molecule has 23 heteroatoms. The number of hydrogen-bond acceptors (Lipinski definition) is 22. The molecule has 8 aliphatic rings. The van der Waals surface area contributed by atoms with E-state index in [2.05, 4.69) is 26.8 Å². The number of carbonyl (C=O) groups excluding carboxylic acids is 2. The first-order chi connectivity index (χ1) is 38.0. The van der Waals surface area contributed by atoms with Crippen LogP contribution in [0.25, 0.3) is 0 Å². The van der Waals surface area contributed by atoms with E-state index < -0.39 is 200 Å². The summed E-state index contributed by atoms with van der Waals surface area (Å²) in [6.45, 7) is 15.8. The number of rotatable bonds is 16. The lowest BCUT2D eigenvalue weighted by Gasteiger charge is -2.72. The van der Waals surface area contributed by atoms with Crippen molar-refractivity contribution in [1.29, 1.82) is 0 Å². The van der Waals surface area contributed by atoms with Gasteiger partial charge in [-0.2, -0.15) is 0 Å². The Balaban J connectivity index is 1.14. The Kier molecular flexibility index (Phi) is 18.7. The van der Waals surface area contributed by atoms with Gasteiger partial charge in [-0.25, -0.2) is 14.4 Å². The van der Waals surface area contributed by atoms with Gasteiger partial charge in [0.15, 0.2) is 31.1 Å². The minimum Gasteiger partial charge on any atom is -0.479 e. The standard InChI is InChI=1S/C58H90O23/c1-11-26(3)48(72)80-45-46(81-49(73)27(4)12-2)58(25-63)30(19-53(45,5)6)29-13-14-34-54(7)17-16-36(55(8,24-62)33(54)15-18-56(34,9)57(29,10)20-35(58)64)76-52-44(79-50-39(67)37(65)28(21-59)31(22-60)74-50)42(41(69)43(78-52)47(70)71)77-51-40(68)38(66)32(23-61)75-51/h11-13,28,30-46,50-52,59-69H,14-25H2,1-10H3,(H,70,71)/b26-11-,27-12-/t28-,30?,31?,32-,33?,34?,35+,36-,37+,38?,39?,40-,41-,42+,43?,44?,45-,46-,50-,51-,52+,54-,55+,56+,57+,58-/m0/s1. The van der Waals surface area contributed by atoms with Crippen molar-refractivity contribution in [3.63, 3.8) is 0 Å². The number of allylic oxidation sites excluding steroid dienone is 4. The number of fused-ring (bicyclic) bond motifs is 7. The van der Waals surface area contributed by atoms with E-state index in [4.69, 9.17) is 37.9 Å². The zero-order valence-corrected chi connectivity index (χ0v) is 48.2. The third-order valence-electron chi connectivity index (χ3n) is 21.8. The van der Waals surface area contributed by atoms with Gasteiger partial charge in [-0.3, -0.25) is 0 Å². The zero-order valence-electron chi connectivity index (χ0n) is 48.2. The summed E-state index contributed by atoms with van der Waals surface area (Å²) < 4.78 is 49.4. The summed E-state index contributed by atoms with van der Waals surface area (Å²) in [6, 6.07) is 0. The van der Waals surface area contributed by atoms with Crippen molar-refractivity contribution in [3.05, 3.63) is 34.9 Å². The Morgan fingerprint density at radius 3 is 1.77 bits per heavy atom. The lowest BCUT2D eigenvalue weighted by Crippen LogP contribution is -2.72. The normalized spacial score (nSPS) is 48.9. The Hall–Kier alpha value is -3.05. The van der Waals surface area contributed by atoms with Crippen LogP contribution in [0.2, 0.25) is 0 Å². The summed E-state index contributed by atoms with van der Waals surface area (Å²) in [5.41, 5.74) is -3.54. The molecule has 0 amide bonds. The van der Waals surface area contributed by atoms with E-state index in [9.17, 15) is 75.7 Å². The van der Waals surface area contributed by atoms with Crippen molar-refractivity contribution in [2.24, 2.45) is 56.2 Å². The quantitative estimate of drug-likeness (QED) is 0.0434. The smallest absolute Gasteiger partial charge is 0.335 e. The molecule has 81 heavy (non-hydrogen) atoms. The van der Waals surface area contributed by atoms with Crippen LogP contribution in [0.5, 0.6) is 0 Å². The second kappa shape index (κ2) is 23.7. The van der Waals surface area contributed by atoms with Crippen LogP contribution in [-0.2, 0) is 52.3 Å². The number of carboxylic acids is 1. The first-order valence-electron chi connectivity index (χ1n) is 28.7. The summed E-state index contributed by atoms with van der Waals surface area (Å²) >= 11 is 0. The van der Waals surface area contributed by atoms with Crippen LogP contribution in [0.3, 0.4) is 0 Å². The fourth-order valence-electron chi connectivity index (χ4n) is 16.5. The predicted molar refractivity (Wildman–Crippen MR) is 281 cm³/mol. The molecule has 4 saturated carbocycles. The highest BCUT2D eigenvalue weighted by atomic mass is 16.8. The molecule has 23 nitrogen and oxygen atoms in total. The SMILES string of the molecule is C/C=C(/C)C(=O)O[C@H]1[C@H](OC(=O)/C(C)=C\C)[C@@]2(CO)C(CC1(C)C)C1=CCC3[C@@]4(C)CC[C@H](O[C@@H]5OC(C(=O)O)[C@@H](O)[C@@H](O[C@@H]6O[C@@H](CO)C(O)[C@@H]6O)C5O[C@@H]5OC(CO)[C@H](CO)[C@@H](O)C5O)[C@](C)(CO)C4CC[C@@]3(C)[C@]1(C)C[C@H]2O. The van der Waals surface area contributed by atoms with Crippen molar-refractivity contribution in [2.75, 3.05) is 33.0 Å². The molecule has 26 atom stereocenters. The van der Waals surface area contributed by atoms with Crippen LogP contribution in [0.15, 0.2) is 34.9 Å². The number of aliphatic hydroxyl groups excluding tert-OH is 11. The number of carboxylic acid groups (broad SMARTS) is 1. The van der Waals surface area contributed by atoms with Crippen molar-refractivity contribution in [1.82, 2.24) is 0 Å². The maximum absolute atomic E-state index is 13.8. The minimum absolute atomic E-state index is 0.0842. The first kappa shape index (κ1) is 64.0. The lowest BCUT2D eigenvalue weighted by molar-refractivity contribution is -0.386. The zero-order chi connectivity index (χ0) is 59.9. The molecule has 8 rings (SSSR count). The Morgan fingerprint density at radius 1 is 0.642 bits per heavy atom. The van der Waals surface area contributed by atoms with Crippen molar-refractivity contribution in [3.8, 4) is 0 Å². The third kappa shape index (κ3) is 10.3. The van der Waals surface area contributed by atoms with Gasteiger partial charge in [0.1, 0.15) is 48.8 Å². The van der Waals surface area contributed by atoms with Crippen molar-refractivity contribution in [2.45, 2.75) is 219 Å². The number of aliphatic hydroxyl groups is 11. The van der Waals surface area contributed by atoms with Crippen LogP contribution in [0.4, 0.5) is 0 Å². The number of esters is 2. The van der Waals surface area contributed by atoms with Crippen LogP contribution >= 0.6 is 0 Å². The molecule has 12 N–H and O–H groups in total. The summed E-state index contributed by atoms with van der Waals surface area (Å²) in [5.74, 6) is -5.03. The molecule has 0 aromatic carbocycles. The lowest BCUT2D eigenvalue weighted by atomic mass is 9.33. The first-order valence-corrected chi connectivity index (χ1v) is 28.7. The fourth-order valence-corrected chi connectivity index (χ4v) is 16.5. The van der Waals surface area contributed by atoms with E-state index in [-0.39, 0.29) is 24.7 Å². The van der Waals surface area contributed by atoms with Gasteiger partial charge >= 0.3 is 17.9 Å². The molecule has 7 fully saturated rings. The van der Waals surface area contributed by atoms with E-state index >= 15 is 0 Å². The van der Waals surface area contributed by atoms with Crippen LogP contribution in [-0.4, -0.2) is 217 Å². The number of carbonyl (C=O) groups is 3. The Labute approximate surface area is 472 Å². The molecule has 3 heterocycles. The Morgan fingerprint density at radius 2 is 1.22 bits per heavy atom. The molecule has 460 valence electrons. The third-order valence-corrected chi connectivity index (χ3v) is 21.8. The summed E-state index contributed by atoms with van der Waals surface area (Å²) in [6.07, 6.45) is -19.5. The predicted octanol–water partition coefficient (Wildman–Crippen LogP) is 0.512. The van der Waals surface area contributed by atoms with Gasteiger partial charge in [-0.1, -0.05) is 65.3 Å². The van der Waals surface area contributed by atoms with Crippen LogP contribution in [0, 0.1) is 56.2 Å². The minimum atomic E-state index is -2.14. The molecule has 0 bridgehead atoms. The largest absolute Gasteiger partial charge is 0.479 e.